The molecule has 8 nitrogen and oxygen atoms in total. The van der Waals surface area contributed by atoms with Crippen LogP contribution in [0.1, 0.15) is 24.8 Å². The van der Waals surface area contributed by atoms with Crippen molar-refractivity contribution in [3.8, 4) is 0 Å². The number of ether oxygens (including phenoxy) is 1. The number of hydrogen-bond acceptors (Lipinski definition) is 9. The van der Waals surface area contributed by atoms with Gasteiger partial charge in [0.15, 0.2) is 0 Å². The van der Waals surface area contributed by atoms with Crippen LogP contribution in [0.25, 0.3) is 11.0 Å². The first kappa shape index (κ1) is 24.2. The lowest BCUT2D eigenvalue weighted by atomic mass is 10.2. The number of nitrogens with one attached hydrogen (secondary N) is 1. The third kappa shape index (κ3) is 6.13. The minimum absolute atomic E-state index is 0.310. The topological polar surface area (TPSA) is 89.0 Å². The number of aromatic nitrogens is 5. The molecule has 0 aliphatic rings. The lowest BCUT2D eigenvalue weighted by molar-refractivity contribution is 0.153. The van der Waals surface area contributed by atoms with E-state index in [2.05, 4.69) is 59.0 Å². The fraction of sp³-hybridized carbons (Fsp3) is 0.375. The maximum Gasteiger partial charge on any atom is 0.215 e. The summed E-state index contributed by atoms with van der Waals surface area (Å²) in [5.74, 6) is 1.05. The number of rotatable bonds is 10. The molecule has 4 heterocycles. The van der Waals surface area contributed by atoms with Crippen molar-refractivity contribution >= 4 is 52.8 Å². The van der Waals surface area contributed by atoms with Crippen molar-refractivity contribution in [2.24, 2.45) is 0 Å². The van der Waals surface area contributed by atoms with E-state index in [-0.39, 0.29) is 0 Å². The molecule has 0 bridgehead atoms. The van der Waals surface area contributed by atoms with Crippen molar-refractivity contribution in [2.45, 2.75) is 45.5 Å². The number of fused-ring (bicyclic) bond motifs is 1. The lowest BCUT2D eigenvalue weighted by Crippen LogP contribution is -2.26. The van der Waals surface area contributed by atoms with E-state index in [4.69, 9.17) is 9.72 Å². The van der Waals surface area contributed by atoms with E-state index < -0.39 is 8.07 Å². The molecule has 0 saturated heterocycles. The number of hydrogen-bond donors (Lipinski definition) is 1. The third-order valence-electron chi connectivity index (χ3n) is 5.16. The summed E-state index contributed by atoms with van der Waals surface area (Å²) in [5.41, 5.74) is 3.32. The maximum absolute atomic E-state index is 6.11. The largest absolute Gasteiger partial charge is 0.361 e. The van der Waals surface area contributed by atoms with Crippen LogP contribution in [0.15, 0.2) is 48.9 Å². The zero-order valence-electron chi connectivity index (χ0n) is 20.3. The molecule has 4 aromatic heterocycles. The molecule has 0 atom stereocenters. The molecule has 0 spiro atoms. The Kier molecular flexibility index (Phi) is 7.49. The molecule has 4 rings (SSSR count). The van der Waals surface area contributed by atoms with Crippen LogP contribution >= 0.6 is 11.3 Å². The van der Waals surface area contributed by atoms with Gasteiger partial charge >= 0.3 is 0 Å². The van der Waals surface area contributed by atoms with Gasteiger partial charge in [-0.1, -0.05) is 44.8 Å². The van der Waals surface area contributed by atoms with Crippen molar-refractivity contribution in [3.05, 3.63) is 53.9 Å². The summed E-state index contributed by atoms with van der Waals surface area (Å²) in [5, 5.41) is 14.0. The Balaban J connectivity index is 1.67. The SMILES string of the molecule is CC(C)c1nnc(N(COCC[Si](C)(C)C)c2ccc3nccc(Nc4cccnc4)c3n2)s1. The smallest absolute Gasteiger partial charge is 0.215 e. The zero-order chi connectivity index (χ0) is 24.1. The van der Waals surface area contributed by atoms with Gasteiger partial charge in [-0.2, -0.15) is 0 Å². The molecule has 0 saturated carbocycles. The molecule has 10 heteroatoms. The van der Waals surface area contributed by atoms with Gasteiger partial charge in [-0.3, -0.25) is 14.9 Å². The molecule has 0 radical (unpaired) electrons. The Morgan fingerprint density at radius 3 is 2.65 bits per heavy atom. The maximum atomic E-state index is 6.11. The molecule has 0 unspecified atom stereocenters. The van der Waals surface area contributed by atoms with E-state index in [0.29, 0.717) is 19.3 Å². The van der Waals surface area contributed by atoms with Gasteiger partial charge in [0.05, 0.1) is 23.1 Å². The van der Waals surface area contributed by atoms with Crippen LogP contribution in [0.4, 0.5) is 22.3 Å². The normalized spacial score (nSPS) is 11.8. The van der Waals surface area contributed by atoms with Gasteiger partial charge in [0.1, 0.15) is 23.1 Å². The van der Waals surface area contributed by atoms with E-state index in [0.717, 1.165) is 44.4 Å². The summed E-state index contributed by atoms with van der Waals surface area (Å²) in [7, 11) is -1.19. The minimum atomic E-state index is -1.19. The number of anilines is 4. The van der Waals surface area contributed by atoms with Crippen LogP contribution in [0.2, 0.25) is 25.7 Å². The second kappa shape index (κ2) is 10.5. The average molecular weight is 494 g/mol. The highest BCUT2D eigenvalue weighted by Gasteiger charge is 2.20. The number of pyridine rings is 3. The molecule has 0 aliphatic carbocycles. The van der Waals surface area contributed by atoms with E-state index in [1.165, 1.54) is 0 Å². The standard InChI is InChI=1S/C24H31N7OSSi/c1-17(2)23-29-30-24(33-23)31(16-32-13-14-34(3,4)5)21-9-8-19-22(28-21)20(10-12-26-19)27-18-7-6-11-25-15-18/h6-12,15,17H,13-14,16H2,1-5H3,(H,26,27). The Morgan fingerprint density at radius 1 is 1.09 bits per heavy atom. The first-order valence-electron chi connectivity index (χ1n) is 11.4. The summed E-state index contributed by atoms with van der Waals surface area (Å²) in [6.45, 7) is 12.4. The van der Waals surface area contributed by atoms with Crippen LogP contribution in [-0.4, -0.2) is 46.6 Å². The molecule has 0 aromatic carbocycles. The van der Waals surface area contributed by atoms with E-state index in [1.54, 1.807) is 29.9 Å². The summed E-state index contributed by atoms with van der Waals surface area (Å²) in [6, 6.07) is 10.8. The molecule has 4 aromatic rings. The van der Waals surface area contributed by atoms with Crippen LogP contribution in [0.5, 0.6) is 0 Å². The van der Waals surface area contributed by atoms with Gasteiger partial charge in [0.2, 0.25) is 5.13 Å². The van der Waals surface area contributed by atoms with Gasteiger partial charge < -0.3 is 10.1 Å². The van der Waals surface area contributed by atoms with Crippen molar-refractivity contribution in [2.75, 3.05) is 23.6 Å². The first-order valence-corrected chi connectivity index (χ1v) is 15.9. The molecule has 1 N–H and O–H groups in total. The van der Waals surface area contributed by atoms with Crippen molar-refractivity contribution in [1.29, 1.82) is 0 Å². The van der Waals surface area contributed by atoms with Crippen molar-refractivity contribution in [1.82, 2.24) is 25.1 Å². The Labute approximate surface area is 205 Å². The van der Waals surface area contributed by atoms with E-state index in [1.807, 2.05) is 35.2 Å². The highest BCUT2D eigenvalue weighted by Crippen LogP contribution is 2.32. The molecule has 0 amide bonds. The van der Waals surface area contributed by atoms with Gasteiger partial charge in [-0.15, -0.1) is 10.2 Å². The third-order valence-corrected chi connectivity index (χ3v) is 8.11. The molecular weight excluding hydrogens is 462 g/mol. The highest BCUT2D eigenvalue weighted by molar-refractivity contribution is 7.15. The fourth-order valence-corrected chi connectivity index (χ4v) is 4.78. The van der Waals surface area contributed by atoms with Gasteiger partial charge in [-0.05, 0) is 36.4 Å². The zero-order valence-corrected chi connectivity index (χ0v) is 22.1. The second-order valence-electron chi connectivity index (χ2n) is 9.62. The lowest BCUT2D eigenvalue weighted by Gasteiger charge is -2.22. The summed E-state index contributed by atoms with van der Waals surface area (Å²) in [6.07, 6.45) is 5.31. The monoisotopic (exact) mass is 493 g/mol. The molecular formula is C24H31N7OSSi. The van der Waals surface area contributed by atoms with Gasteiger partial charge in [-0.25, -0.2) is 4.98 Å². The van der Waals surface area contributed by atoms with Crippen LogP contribution < -0.4 is 10.2 Å². The minimum Gasteiger partial charge on any atom is -0.361 e. The number of nitrogens with zero attached hydrogens (tertiary/aromatic N) is 6. The molecule has 0 fully saturated rings. The van der Waals surface area contributed by atoms with Crippen molar-refractivity contribution < 1.29 is 4.74 Å². The first-order chi connectivity index (χ1) is 16.3. The van der Waals surface area contributed by atoms with Crippen LogP contribution in [0, 0.1) is 0 Å². The van der Waals surface area contributed by atoms with Gasteiger partial charge in [0, 0.05) is 33.0 Å². The van der Waals surface area contributed by atoms with Gasteiger partial charge in [0.25, 0.3) is 0 Å². The molecule has 0 aliphatic heterocycles. The fourth-order valence-electron chi connectivity index (χ4n) is 3.18. The Hall–Kier alpha value is -2.95. The highest BCUT2D eigenvalue weighted by atomic mass is 32.1. The summed E-state index contributed by atoms with van der Waals surface area (Å²) >= 11 is 1.57. The average Bonchev–Trinajstić information content (AvgIpc) is 3.29. The molecule has 34 heavy (non-hydrogen) atoms. The quantitative estimate of drug-likeness (QED) is 0.159. The van der Waals surface area contributed by atoms with E-state index in [9.17, 15) is 0 Å². The summed E-state index contributed by atoms with van der Waals surface area (Å²) in [4.78, 5) is 15.7. The predicted octanol–water partition coefficient (Wildman–Crippen LogP) is 6.19. The van der Waals surface area contributed by atoms with E-state index >= 15 is 0 Å². The Morgan fingerprint density at radius 2 is 1.94 bits per heavy atom. The van der Waals surface area contributed by atoms with Crippen LogP contribution in [0.3, 0.4) is 0 Å². The van der Waals surface area contributed by atoms with Crippen LogP contribution in [-0.2, 0) is 4.74 Å². The summed E-state index contributed by atoms with van der Waals surface area (Å²) < 4.78 is 6.11. The Bertz CT molecular complexity index is 1230. The second-order valence-corrected chi connectivity index (χ2v) is 16.2. The van der Waals surface area contributed by atoms with Crippen molar-refractivity contribution in [3.63, 3.8) is 0 Å². The molecule has 178 valence electrons. The predicted molar refractivity (Wildman–Crippen MR) is 142 cm³/mol.